The van der Waals surface area contributed by atoms with Crippen molar-refractivity contribution >= 4 is 5.97 Å². The zero-order valence-corrected chi connectivity index (χ0v) is 5.75. The Bertz CT molecular complexity index is 151. The van der Waals surface area contributed by atoms with Crippen LogP contribution in [0.1, 0.15) is 13.3 Å². The molecule has 1 aliphatic heterocycles. The molecule has 58 valence electrons. The van der Waals surface area contributed by atoms with Gasteiger partial charge in [0.2, 0.25) is 0 Å². The molecular weight excluding hydrogens is 137 g/mol. The zero-order valence-electron chi connectivity index (χ0n) is 5.75. The van der Waals surface area contributed by atoms with Gasteiger partial charge in [0.1, 0.15) is 6.04 Å². The lowest BCUT2D eigenvalue weighted by Crippen LogP contribution is -2.29. The number of hydrogen-bond donors (Lipinski definition) is 1. The molecule has 0 aromatic rings. The maximum Gasteiger partial charge on any atom is 0.323 e. The average Bonchev–Trinajstić information content (AvgIpc) is 2.10. The van der Waals surface area contributed by atoms with Gasteiger partial charge in [0.25, 0.3) is 0 Å². The van der Waals surface area contributed by atoms with E-state index in [1.807, 2.05) is 6.92 Å². The van der Waals surface area contributed by atoms with Crippen LogP contribution >= 0.6 is 0 Å². The monoisotopic (exact) mass is 147 g/mol. The Hall–Kier alpha value is -0.640. The van der Waals surface area contributed by atoms with Gasteiger partial charge in [0.15, 0.2) is 0 Å². The van der Waals surface area contributed by atoms with Gasteiger partial charge in [-0.3, -0.25) is 4.79 Å². The molecule has 0 amide bonds. The molecule has 0 aliphatic carbocycles. The van der Waals surface area contributed by atoms with E-state index in [9.17, 15) is 9.28 Å². The van der Waals surface area contributed by atoms with Gasteiger partial charge in [-0.1, -0.05) is 6.92 Å². The van der Waals surface area contributed by atoms with Crippen LogP contribution in [0.25, 0.3) is 0 Å². The molecule has 4 heteroatoms. The third-order valence-corrected chi connectivity index (χ3v) is 1.73. The van der Waals surface area contributed by atoms with Gasteiger partial charge in [-0.05, 0) is 12.3 Å². The number of hydrogen-bond acceptors (Lipinski definition) is 2. The van der Waals surface area contributed by atoms with Crippen molar-refractivity contribution in [2.75, 3.05) is 6.54 Å². The minimum absolute atomic E-state index is 0.158. The van der Waals surface area contributed by atoms with Gasteiger partial charge < -0.3 is 5.11 Å². The first-order chi connectivity index (χ1) is 4.61. The largest absolute Gasteiger partial charge is 0.480 e. The predicted octanol–water partition coefficient (Wildman–Crippen LogP) is 0.666. The van der Waals surface area contributed by atoms with Crippen molar-refractivity contribution in [3.8, 4) is 0 Å². The predicted molar refractivity (Wildman–Crippen MR) is 33.0 cm³/mol. The molecule has 1 aliphatic rings. The van der Waals surface area contributed by atoms with E-state index in [4.69, 9.17) is 5.11 Å². The first kappa shape index (κ1) is 7.47. The number of halogens is 1. The fourth-order valence-corrected chi connectivity index (χ4v) is 1.22. The number of carbonyl (C=O) groups is 1. The van der Waals surface area contributed by atoms with Crippen molar-refractivity contribution in [3.63, 3.8) is 0 Å². The van der Waals surface area contributed by atoms with Crippen LogP contribution in [0.15, 0.2) is 0 Å². The Balaban J connectivity index is 2.54. The summed E-state index contributed by atoms with van der Waals surface area (Å²) in [6.45, 7) is 2.09. The molecule has 0 radical (unpaired) electrons. The highest BCUT2D eigenvalue weighted by Crippen LogP contribution is 2.22. The summed E-state index contributed by atoms with van der Waals surface area (Å²) in [5.74, 6) is -0.905. The molecule has 10 heavy (non-hydrogen) atoms. The summed E-state index contributed by atoms with van der Waals surface area (Å²) in [5.41, 5.74) is 0. The minimum atomic E-state index is -1.06. The molecule has 1 saturated heterocycles. The SMILES string of the molecule is CC1CC(C(=O)O)N(F)C1. The Morgan fingerprint density at radius 1 is 1.80 bits per heavy atom. The standard InChI is InChI=1S/C6H10FNO2/c1-4-2-5(6(9)10)8(7)3-4/h4-5H,2-3H2,1H3,(H,9,10). The zero-order chi connectivity index (χ0) is 7.72. The molecule has 1 N–H and O–H groups in total. The highest BCUT2D eigenvalue weighted by Gasteiger charge is 2.34. The van der Waals surface area contributed by atoms with Crippen LogP contribution in [-0.4, -0.2) is 28.8 Å². The fraction of sp³-hybridized carbons (Fsp3) is 0.833. The van der Waals surface area contributed by atoms with Crippen molar-refractivity contribution in [1.29, 1.82) is 0 Å². The summed E-state index contributed by atoms with van der Waals surface area (Å²) in [4.78, 5) is 10.3. The summed E-state index contributed by atoms with van der Waals surface area (Å²) in [6.07, 6.45) is 0.422. The number of rotatable bonds is 1. The van der Waals surface area contributed by atoms with Crippen molar-refractivity contribution in [2.24, 2.45) is 5.92 Å². The van der Waals surface area contributed by atoms with E-state index in [2.05, 4.69) is 0 Å². The lowest BCUT2D eigenvalue weighted by Gasteiger charge is -2.07. The van der Waals surface area contributed by atoms with E-state index in [0.717, 1.165) is 0 Å². The van der Waals surface area contributed by atoms with Gasteiger partial charge in [0.05, 0.1) is 0 Å². The maximum atomic E-state index is 12.5. The lowest BCUT2D eigenvalue weighted by atomic mass is 10.1. The van der Waals surface area contributed by atoms with E-state index in [1.165, 1.54) is 0 Å². The highest BCUT2D eigenvalue weighted by molar-refractivity contribution is 5.73. The van der Waals surface area contributed by atoms with E-state index in [1.54, 1.807) is 0 Å². The Morgan fingerprint density at radius 3 is 2.60 bits per heavy atom. The quantitative estimate of drug-likeness (QED) is 0.554. The van der Waals surface area contributed by atoms with Crippen LogP contribution < -0.4 is 0 Å². The number of carboxylic acids is 1. The summed E-state index contributed by atoms with van der Waals surface area (Å²) in [5, 5.41) is 8.82. The Kier molecular flexibility index (Phi) is 1.89. The molecule has 0 spiro atoms. The lowest BCUT2D eigenvalue weighted by molar-refractivity contribution is -0.148. The number of nitrogens with zero attached hydrogens (tertiary/aromatic N) is 1. The number of aliphatic carboxylic acids is 1. The van der Waals surface area contributed by atoms with Gasteiger partial charge >= 0.3 is 5.97 Å². The van der Waals surface area contributed by atoms with Crippen LogP contribution in [0.2, 0.25) is 0 Å². The van der Waals surface area contributed by atoms with E-state index in [0.29, 0.717) is 11.5 Å². The van der Waals surface area contributed by atoms with Crippen LogP contribution in [0, 0.1) is 5.92 Å². The molecular formula is C6H10FNO2. The van der Waals surface area contributed by atoms with Crippen LogP contribution in [0.3, 0.4) is 0 Å². The second-order valence-corrected chi connectivity index (χ2v) is 2.78. The highest BCUT2D eigenvalue weighted by atomic mass is 19.2. The average molecular weight is 147 g/mol. The van der Waals surface area contributed by atoms with Crippen molar-refractivity contribution in [3.05, 3.63) is 0 Å². The smallest absolute Gasteiger partial charge is 0.323 e. The minimum Gasteiger partial charge on any atom is -0.480 e. The summed E-state index contributed by atoms with van der Waals surface area (Å²) in [6, 6.07) is -0.907. The molecule has 1 heterocycles. The first-order valence-corrected chi connectivity index (χ1v) is 3.26. The summed E-state index contributed by atoms with van der Waals surface area (Å²) < 4.78 is 12.5. The summed E-state index contributed by atoms with van der Waals surface area (Å²) >= 11 is 0. The van der Waals surface area contributed by atoms with Gasteiger partial charge in [0, 0.05) is 6.54 Å². The van der Waals surface area contributed by atoms with Gasteiger partial charge in [-0.2, -0.15) is 0 Å². The first-order valence-electron chi connectivity index (χ1n) is 3.26. The van der Waals surface area contributed by atoms with Crippen LogP contribution in [-0.2, 0) is 4.79 Å². The third-order valence-electron chi connectivity index (χ3n) is 1.73. The molecule has 0 bridgehead atoms. The molecule has 1 rings (SSSR count). The molecule has 1 fully saturated rings. The molecule has 2 atom stereocenters. The molecule has 0 aromatic carbocycles. The maximum absolute atomic E-state index is 12.5. The summed E-state index contributed by atoms with van der Waals surface area (Å²) in [7, 11) is 0. The molecule has 3 nitrogen and oxygen atoms in total. The van der Waals surface area contributed by atoms with Crippen molar-refractivity contribution in [1.82, 2.24) is 5.12 Å². The van der Waals surface area contributed by atoms with E-state index >= 15 is 0 Å². The van der Waals surface area contributed by atoms with Crippen molar-refractivity contribution in [2.45, 2.75) is 19.4 Å². The Morgan fingerprint density at radius 2 is 2.40 bits per heavy atom. The van der Waals surface area contributed by atoms with Gasteiger partial charge in [-0.15, -0.1) is 9.60 Å². The second kappa shape index (κ2) is 2.54. The topological polar surface area (TPSA) is 40.5 Å². The molecule has 2 unspecified atom stereocenters. The second-order valence-electron chi connectivity index (χ2n) is 2.78. The van der Waals surface area contributed by atoms with E-state index in [-0.39, 0.29) is 12.5 Å². The van der Waals surface area contributed by atoms with E-state index < -0.39 is 12.0 Å². The van der Waals surface area contributed by atoms with Crippen LogP contribution in [0.5, 0.6) is 0 Å². The Labute approximate surface area is 58.4 Å². The third kappa shape index (κ3) is 1.26. The fourth-order valence-electron chi connectivity index (χ4n) is 1.22. The number of carboxylic acid groups (broad SMARTS) is 1. The normalized spacial score (nSPS) is 34.6. The van der Waals surface area contributed by atoms with Crippen LogP contribution in [0.4, 0.5) is 4.48 Å². The van der Waals surface area contributed by atoms with Gasteiger partial charge in [-0.25, -0.2) is 0 Å². The molecule has 0 aromatic heterocycles. The van der Waals surface area contributed by atoms with Crippen molar-refractivity contribution < 1.29 is 14.4 Å². The molecule has 0 saturated carbocycles.